The van der Waals surface area contributed by atoms with E-state index in [4.69, 9.17) is 9.47 Å². The summed E-state index contributed by atoms with van der Waals surface area (Å²) in [5, 5.41) is 37.1. The second-order valence-electron chi connectivity index (χ2n) is 18.9. The second kappa shape index (κ2) is 28.1. The molecule has 0 bridgehead atoms. The summed E-state index contributed by atoms with van der Waals surface area (Å²) in [6.45, 7) is 5.77. The van der Waals surface area contributed by atoms with Crippen LogP contribution >= 0.6 is 11.3 Å². The molecule has 11 heteroatoms. The summed E-state index contributed by atoms with van der Waals surface area (Å²) in [6.07, 6.45) is 16.1. The molecule has 0 aliphatic heterocycles. The minimum absolute atomic E-state index is 0.306. The standard InChI is InChI=1S/C68H62N4O6S/c1-3-5-7-9-43-77-63-37-33-61(34-38-63)71(59-29-21-53(22-30-59)52-19-13-51(14-20-52)45-55(47-69)67(73)74)57-25-15-49(16-26-57)11-12-50-17-27-58(28-18-50)72(62-35-39-64(40-36-62)78-44-10-8-6-4-2)60-31-23-54(24-32-60)66-42-41-65(79-66)46-56(48-70)68(75)76/h11-42,45-46H,3-10,43-44H2,1-2H3,(H,73,74)(H,75,76)/b12-11+,55-45+,56-46+. The first-order valence-electron chi connectivity index (χ1n) is 26.7. The zero-order chi connectivity index (χ0) is 55.3. The predicted octanol–water partition coefficient (Wildman–Crippen LogP) is 18.1. The molecule has 0 aliphatic rings. The Kier molecular flexibility index (Phi) is 19.8. The van der Waals surface area contributed by atoms with Gasteiger partial charge in [0.15, 0.2) is 0 Å². The first-order chi connectivity index (χ1) is 38.6. The van der Waals surface area contributed by atoms with Crippen molar-refractivity contribution in [3.63, 3.8) is 0 Å². The summed E-state index contributed by atoms with van der Waals surface area (Å²) in [5.41, 5.74) is 10.8. The third-order valence-electron chi connectivity index (χ3n) is 13.2. The maximum atomic E-state index is 11.5. The van der Waals surface area contributed by atoms with Crippen LogP contribution in [0.4, 0.5) is 34.1 Å². The van der Waals surface area contributed by atoms with Gasteiger partial charge >= 0.3 is 11.9 Å². The molecule has 0 spiro atoms. The van der Waals surface area contributed by atoms with E-state index >= 15 is 0 Å². The first-order valence-corrected chi connectivity index (χ1v) is 27.5. The van der Waals surface area contributed by atoms with Gasteiger partial charge in [-0.05, 0) is 168 Å². The van der Waals surface area contributed by atoms with Crippen molar-refractivity contribution in [3.05, 3.63) is 215 Å². The normalized spacial score (nSPS) is 11.4. The lowest BCUT2D eigenvalue weighted by atomic mass is 10.0. The number of anilines is 6. The average Bonchev–Trinajstić information content (AvgIpc) is 4.01. The summed E-state index contributed by atoms with van der Waals surface area (Å²) in [7, 11) is 0. The Morgan fingerprint density at radius 3 is 1.19 bits per heavy atom. The van der Waals surface area contributed by atoms with E-state index in [1.54, 1.807) is 12.1 Å². The predicted molar refractivity (Wildman–Crippen MR) is 322 cm³/mol. The quantitative estimate of drug-likeness (QED) is 0.0232. The number of unbranched alkanes of at least 4 members (excludes halogenated alkanes) is 6. The molecule has 0 radical (unpaired) electrons. The number of nitrogens with zero attached hydrogens (tertiary/aromatic N) is 4. The van der Waals surface area contributed by atoms with Gasteiger partial charge in [0, 0.05) is 43.9 Å². The highest BCUT2D eigenvalue weighted by Crippen LogP contribution is 2.40. The van der Waals surface area contributed by atoms with Crippen LogP contribution in [0, 0.1) is 22.7 Å². The van der Waals surface area contributed by atoms with Crippen LogP contribution in [0.5, 0.6) is 11.5 Å². The number of hydrogen-bond donors (Lipinski definition) is 2. The van der Waals surface area contributed by atoms with Gasteiger partial charge in [0.25, 0.3) is 0 Å². The van der Waals surface area contributed by atoms with Gasteiger partial charge in [0.05, 0.1) is 13.2 Å². The SMILES string of the molecule is CCCCCCOc1ccc(N(c2ccc(/C=C/c3ccc(N(c4ccc(OCCCCCC)cc4)c4ccc(-c5ccc(/C=C(\C#N)C(=O)O)s5)cc4)cc3)cc2)c2ccc(-c3ccc(/C=C(\C#N)C(=O)O)cc3)cc2)cc1. The molecule has 0 atom stereocenters. The number of rotatable bonds is 26. The monoisotopic (exact) mass is 1060 g/mol. The molecule has 79 heavy (non-hydrogen) atoms. The number of ether oxygens (including phenoxy) is 2. The average molecular weight is 1060 g/mol. The number of carboxylic acids is 2. The van der Waals surface area contributed by atoms with Gasteiger partial charge in [0.2, 0.25) is 0 Å². The van der Waals surface area contributed by atoms with Crippen molar-refractivity contribution < 1.29 is 29.3 Å². The third kappa shape index (κ3) is 15.4. The summed E-state index contributed by atoms with van der Waals surface area (Å²) in [6, 6.07) is 64.7. The molecule has 7 aromatic carbocycles. The number of carboxylic acid groups (broad SMARTS) is 2. The molecule has 10 nitrogen and oxygen atoms in total. The van der Waals surface area contributed by atoms with Gasteiger partial charge < -0.3 is 29.5 Å². The van der Waals surface area contributed by atoms with Crippen molar-refractivity contribution in [2.75, 3.05) is 23.0 Å². The molecule has 8 rings (SSSR count). The Morgan fingerprint density at radius 2 is 0.797 bits per heavy atom. The van der Waals surface area contributed by atoms with Crippen molar-refractivity contribution in [3.8, 4) is 45.2 Å². The van der Waals surface area contributed by atoms with Crippen LogP contribution in [-0.4, -0.2) is 35.4 Å². The third-order valence-corrected chi connectivity index (χ3v) is 14.3. The Labute approximate surface area is 467 Å². The maximum absolute atomic E-state index is 11.5. The van der Waals surface area contributed by atoms with E-state index in [2.05, 4.69) is 157 Å². The zero-order valence-corrected chi connectivity index (χ0v) is 45.2. The van der Waals surface area contributed by atoms with Crippen LogP contribution in [0.3, 0.4) is 0 Å². The van der Waals surface area contributed by atoms with Gasteiger partial charge in [-0.25, -0.2) is 9.59 Å². The molecule has 0 aliphatic carbocycles. The zero-order valence-electron chi connectivity index (χ0n) is 44.4. The summed E-state index contributed by atoms with van der Waals surface area (Å²) < 4.78 is 12.2. The number of hydrogen-bond acceptors (Lipinski definition) is 9. The molecule has 1 heterocycles. The number of thiophene rings is 1. The van der Waals surface area contributed by atoms with Crippen molar-refractivity contribution in [1.29, 1.82) is 10.5 Å². The lowest BCUT2D eigenvalue weighted by molar-refractivity contribution is -0.133. The largest absolute Gasteiger partial charge is 0.494 e. The van der Waals surface area contributed by atoms with E-state index in [9.17, 15) is 30.3 Å². The van der Waals surface area contributed by atoms with E-state index in [1.807, 2.05) is 60.7 Å². The van der Waals surface area contributed by atoms with Crippen LogP contribution in [0.2, 0.25) is 0 Å². The van der Waals surface area contributed by atoms with Crippen LogP contribution < -0.4 is 19.3 Å². The van der Waals surface area contributed by atoms with Crippen molar-refractivity contribution >= 4 is 81.7 Å². The summed E-state index contributed by atoms with van der Waals surface area (Å²) in [5.74, 6) is -0.843. The van der Waals surface area contributed by atoms with Crippen LogP contribution in [0.25, 0.3) is 45.9 Å². The number of carbonyl (C=O) groups is 2. The summed E-state index contributed by atoms with van der Waals surface area (Å²) in [4.78, 5) is 28.9. The number of aliphatic carboxylic acids is 2. The van der Waals surface area contributed by atoms with Crippen LogP contribution in [0.1, 0.15) is 86.8 Å². The highest BCUT2D eigenvalue weighted by atomic mass is 32.1. The fraction of sp³-hybridized carbons (Fsp3) is 0.176. The molecule has 1 aromatic heterocycles. The molecule has 2 N–H and O–H groups in total. The Hall–Kier alpha value is -9.42. The summed E-state index contributed by atoms with van der Waals surface area (Å²) >= 11 is 1.43. The topological polar surface area (TPSA) is 147 Å². The maximum Gasteiger partial charge on any atom is 0.346 e. The van der Waals surface area contributed by atoms with Crippen LogP contribution in [0.15, 0.2) is 193 Å². The minimum atomic E-state index is -1.26. The lowest BCUT2D eigenvalue weighted by Gasteiger charge is -2.26. The van der Waals surface area contributed by atoms with E-state index < -0.39 is 11.9 Å². The van der Waals surface area contributed by atoms with Crippen LogP contribution in [-0.2, 0) is 9.59 Å². The van der Waals surface area contributed by atoms with Gasteiger partial charge in [-0.15, -0.1) is 11.3 Å². The van der Waals surface area contributed by atoms with Crippen molar-refractivity contribution in [2.24, 2.45) is 0 Å². The molecular formula is C68H62N4O6S. The molecule has 0 saturated heterocycles. The number of benzene rings is 7. The molecule has 0 amide bonds. The molecule has 396 valence electrons. The van der Waals surface area contributed by atoms with Gasteiger partial charge in [-0.2, -0.15) is 10.5 Å². The fourth-order valence-electron chi connectivity index (χ4n) is 8.90. The molecule has 0 unspecified atom stereocenters. The van der Waals surface area contributed by atoms with E-state index in [0.29, 0.717) is 23.7 Å². The second-order valence-corrected chi connectivity index (χ2v) is 20.0. The molecule has 8 aromatic rings. The van der Waals surface area contributed by atoms with E-state index in [0.717, 1.165) is 104 Å². The van der Waals surface area contributed by atoms with Crippen molar-refractivity contribution in [1.82, 2.24) is 0 Å². The molecular weight excluding hydrogens is 1000 g/mol. The van der Waals surface area contributed by atoms with Gasteiger partial charge in [0.1, 0.15) is 34.8 Å². The first kappa shape index (κ1) is 55.8. The number of nitriles is 2. The Morgan fingerprint density at radius 1 is 0.443 bits per heavy atom. The molecule has 0 fully saturated rings. The minimum Gasteiger partial charge on any atom is -0.494 e. The van der Waals surface area contributed by atoms with E-state index in [1.165, 1.54) is 49.2 Å². The Balaban J connectivity index is 1.02. The smallest absolute Gasteiger partial charge is 0.346 e. The molecule has 0 saturated carbocycles. The van der Waals surface area contributed by atoms with Crippen molar-refractivity contribution in [2.45, 2.75) is 65.2 Å². The lowest BCUT2D eigenvalue weighted by Crippen LogP contribution is -2.10. The Bertz CT molecular complexity index is 3460. The highest BCUT2D eigenvalue weighted by molar-refractivity contribution is 7.16. The fourth-order valence-corrected chi connectivity index (χ4v) is 9.86. The highest BCUT2D eigenvalue weighted by Gasteiger charge is 2.17. The van der Waals surface area contributed by atoms with E-state index in [-0.39, 0.29) is 11.1 Å². The van der Waals surface area contributed by atoms with Gasteiger partial charge in [-0.3, -0.25) is 0 Å². The van der Waals surface area contributed by atoms with Gasteiger partial charge in [-0.1, -0.05) is 137 Å².